The van der Waals surface area contributed by atoms with Crippen LogP contribution in [0.4, 0.5) is 0 Å². The Hall–Kier alpha value is -0.930. The van der Waals surface area contributed by atoms with E-state index in [0.717, 1.165) is 19.3 Å². The molecule has 176 valence electrons. The maximum atomic E-state index is 12.4. The van der Waals surface area contributed by atoms with Crippen molar-refractivity contribution in [2.75, 3.05) is 13.2 Å². The Morgan fingerprint density at radius 1 is 0.844 bits per heavy atom. The van der Waals surface area contributed by atoms with Crippen molar-refractivity contribution in [2.24, 2.45) is 0 Å². The quantitative estimate of drug-likeness (QED) is 0.154. The van der Waals surface area contributed by atoms with Crippen LogP contribution in [0, 0.1) is 0 Å². The van der Waals surface area contributed by atoms with Crippen molar-refractivity contribution in [1.29, 1.82) is 0 Å². The first kappa shape index (κ1) is 31.1. The minimum Gasteiger partial charge on any atom is -0.748 e. The fourth-order valence-corrected chi connectivity index (χ4v) is 3.79. The molecule has 32 heavy (non-hydrogen) atoms. The van der Waals surface area contributed by atoms with Gasteiger partial charge in [0.1, 0.15) is 16.7 Å². The van der Waals surface area contributed by atoms with Crippen LogP contribution in [0.15, 0.2) is 24.3 Å². The van der Waals surface area contributed by atoms with Gasteiger partial charge in [-0.2, -0.15) is 0 Å². The zero-order chi connectivity index (χ0) is 23.1. The van der Waals surface area contributed by atoms with Gasteiger partial charge in [0.2, 0.25) is 0 Å². The molecule has 0 amide bonds. The average Bonchev–Trinajstić information content (AvgIpc) is 2.74. The Labute approximate surface area is 214 Å². The topological polar surface area (TPSA) is 110 Å². The molecule has 7 nitrogen and oxygen atoms in total. The third-order valence-electron chi connectivity index (χ3n) is 5.11. The second kappa shape index (κ2) is 17.5. The first-order chi connectivity index (χ1) is 14.8. The van der Waals surface area contributed by atoms with E-state index in [9.17, 15) is 22.6 Å². The van der Waals surface area contributed by atoms with E-state index in [0.29, 0.717) is 0 Å². The third kappa shape index (κ3) is 12.3. The number of carbonyl (C=O) groups excluding carboxylic acids is 2. The molecule has 0 saturated carbocycles. The van der Waals surface area contributed by atoms with Crippen LogP contribution in [0.5, 0.6) is 0 Å². The summed E-state index contributed by atoms with van der Waals surface area (Å²) in [6, 6.07) is 6.03. The minimum atomic E-state index is -4.57. The molecular formula is C23H35NaO7S. The molecule has 0 spiro atoms. The minimum absolute atomic E-state index is 0. The van der Waals surface area contributed by atoms with Gasteiger partial charge in [0, 0.05) is 0 Å². The number of benzene rings is 1. The molecule has 0 bridgehead atoms. The van der Waals surface area contributed by atoms with Crippen LogP contribution in [0.3, 0.4) is 0 Å². The Morgan fingerprint density at radius 3 is 1.78 bits per heavy atom. The van der Waals surface area contributed by atoms with Crippen molar-refractivity contribution in [2.45, 2.75) is 83.3 Å². The second-order valence-electron chi connectivity index (χ2n) is 7.63. The zero-order valence-corrected chi connectivity index (χ0v) is 22.5. The van der Waals surface area contributed by atoms with Gasteiger partial charge in [0.25, 0.3) is 0 Å². The predicted octanol–water partition coefficient (Wildman–Crippen LogP) is 1.86. The van der Waals surface area contributed by atoms with Gasteiger partial charge in [-0.05, 0) is 25.0 Å². The Kier molecular flexibility index (Phi) is 17.0. The van der Waals surface area contributed by atoms with Crippen LogP contribution in [-0.2, 0) is 19.6 Å². The maximum Gasteiger partial charge on any atom is 1.00 e. The van der Waals surface area contributed by atoms with E-state index in [1.807, 2.05) is 0 Å². The van der Waals surface area contributed by atoms with Crippen LogP contribution in [-0.4, -0.2) is 43.4 Å². The van der Waals surface area contributed by atoms with Crippen LogP contribution >= 0.6 is 0 Å². The number of unbranched alkanes of at least 4 members (excludes halogenated alkanes) is 8. The molecule has 0 N–H and O–H groups in total. The molecule has 0 saturated heterocycles. The number of hydrogen-bond donors (Lipinski definition) is 0. The van der Waals surface area contributed by atoms with Crippen LogP contribution in [0.2, 0.25) is 0 Å². The van der Waals surface area contributed by atoms with Gasteiger partial charge < -0.3 is 14.0 Å². The Morgan fingerprint density at radius 2 is 1.31 bits per heavy atom. The monoisotopic (exact) mass is 478 g/mol. The van der Waals surface area contributed by atoms with Crippen LogP contribution in [0.1, 0.15) is 98.8 Å². The number of carbonyl (C=O) groups is 2. The van der Waals surface area contributed by atoms with Crippen molar-refractivity contribution in [3.63, 3.8) is 0 Å². The summed E-state index contributed by atoms with van der Waals surface area (Å²) in [5, 5.41) is -1.32. The molecule has 0 radical (unpaired) electrons. The molecule has 0 aromatic heterocycles. The number of rotatable bonds is 16. The molecule has 0 aliphatic rings. The normalized spacial score (nSPS) is 12.0. The molecule has 0 aliphatic carbocycles. The van der Waals surface area contributed by atoms with Crippen LogP contribution < -0.4 is 29.6 Å². The summed E-state index contributed by atoms with van der Waals surface area (Å²) in [4.78, 5) is 24.7. The molecule has 0 aliphatic heterocycles. The van der Waals surface area contributed by atoms with Gasteiger partial charge in [-0.1, -0.05) is 77.3 Å². The van der Waals surface area contributed by atoms with Crippen molar-refractivity contribution in [1.82, 2.24) is 0 Å². The number of esters is 2. The maximum absolute atomic E-state index is 12.4. The number of ether oxygens (including phenoxy) is 2. The average molecular weight is 479 g/mol. The second-order valence-corrected chi connectivity index (χ2v) is 9.28. The summed E-state index contributed by atoms with van der Waals surface area (Å²) < 4.78 is 43.7. The van der Waals surface area contributed by atoms with E-state index in [1.54, 1.807) is 12.1 Å². The molecule has 1 unspecified atom stereocenters. The molecule has 9 heteroatoms. The van der Waals surface area contributed by atoms with E-state index in [-0.39, 0.29) is 53.7 Å². The summed E-state index contributed by atoms with van der Waals surface area (Å²) in [7, 11) is -4.57. The molecule has 1 aromatic rings. The first-order valence-electron chi connectivity index (χ1n) is 11.2. The Bertz CT molecular complexity index is 780. The van der Waals surface area contributed by atoms with E-state index in [1.165, 1.54) is 57.6 Å². The molecule has 1 aromatic carbocycles. The Balaban J connectivity index is 0.00000961. The zero-order valence-electron chi connectivity index (χ0n) is 19.6. The van der Waals surface area contributed by atoms with E-state index in [2.05, 4.69) is 6.92 Å². The van der Waals surface area contributed by atoms with Gasteiger partial charge in [-0.25, -0.2) is 18.0 Å². The SMILES string of the molecule is CCCCCCCCCCCOC(=O)c1ccccc1C(=O)OCC(CC)S(=O)(=O)[O-].[Na+]. The fraction of sp³-hybridized carbons (Fsp3) is 0.652. The summed E-state index contributed by atoms with van der Waals surface area (Å²) in [6.07, 6.45) is 10.4. The van der Waals surface area contributed by atoms with Gasteiger partial charge in [-0.15, -0.1) is 0 Å². The predicted molar refractivity (Wildman–Crippen MR) is 118 cm³/mol. The number of hydrogen-bond acceptors (Lipinski definition) is 7. The van der Waals surface area contributed by atoms with Crippen molar-refractivity contribution in [3.8, 4) is 0 Å². The summed E-state index contributed by atoms with van der Waals surface area (Å²) in [5.41, 5.74) is 0.0409. The summed E-state index contributed by atoms with van der Waals surface area (Å²) >= 11 is 0. The van der Waals surface area contributed by atoms with Gasteiger partial charge >= 0.3 is 41.5 Å². The molecular weight excluding hydrogens is 443 g/mol. The molecule has 0 fully saturated rings. The van der Waals surface area contributed by atoms with Gasteiger partial charge in [0.05, 0.1) is 23.0 Å². The summed E-state index contributed by atoms with van der Waals surface area (Å²) in [6.45, 7) is 3.44. The summed E-state index contributed by atoms with van der Waals surface area (Å²) in [5.74, 6) is -1.49. The molecule has 0 heterocycles. The fourth-order valence-electron chi connectivity index (χ4n) is 3.15. The van der Waals surface area contributed by atoms with Crippen LogP contribution in [0.25, 0.3) is 0 Å². The van der Waals surface area contributed by atoms with E-state index in [4.69, 9.17) is 9.47 Å². The standard InChI is InChI=1S/C23H36O7S.Na/c1-3-5-6-7-8-9-10-11-14-17-29-22(24)20-15-12-13-16-21(20)23(25)30-18-19(4-2)31(26,27)28;/h12-13,15-16,19H,3-11,14,17-18H2,1-2H3,(H,26,27,28);/q;+1/p-1. The van der Waals surface area contributed by atoms with Crippen molar-refractivity contribution >= 4 is 22.1 Å². The largest absolute Gasteiger partial charge is 1.00 e. The van der Waals surface area contributed by atoms with Gasteiger partial charge in [0.15, 0.2) is 0 Å². The molecule has 1 atom stereocenters. The van der Waals surface area contributed by atoms with E-state index < -0.39 is 33.9 Å². The van der Waals surface area contributed by atoms with E-state index >= 15 is 0 Å². The van der Waals surface area contributed by atoms with Gasteiger partial charge in [-0.3, -0.25) is 0 Å². The molecule has 1 rings (SSSR count). The third-order valence-corrected chi connectivity index (χ3v) is 6.40. The van der Waals surface area contributed by atoms with Crippen molar-refractivity contribution < 1.29 is 61.6 Å². The first-order valence-corrected chi connectivity index (χ1v) is 12.7. The van der Waals surface area contributed by atoms with Crippen molar-refractivity contribution in [3.05, 3.63) is 35.4 Å². The smallest absolute Gasteiger partial charge is 0.748 e.